The SMILES string of the molecule is CC1CCNC1C(=O)N1CCC(CC(=O)O)CC1. The number of hydrogen-bond acceptors (Lipinski definition) is 3. The average molecular weight is 254 g/mol. The van der Waals surface area contributed by atoms with Crippen LogP contribution in [0.2, 0.25) is 0 Å². The summed E-state index contributed by atoms with van der Waals surface area (Å²) in [4.78, 5) is 24.8. The molecule has 5 nitrogen and oxygen atoms in total. The fraction of sp³-hybridized carbons (Fsp3) is 0.846. The van der Waals surface area contributed by atoms with Gasteiger partial charge in [0, 0.05) is 19.5 Å². The van der Waals surface area contributed by atoms with Gasteiger partial charge in [-0.2, -0.15) is 0 Å². The Kier molecular flexibility index (Phi) is 4.22. The van der Waals surface area contributed by atoms with Crippen molar-refractivity contribution in [3.8, 4) is 0 Å². The van der Waals surface area contributed by atoms with Crippen LogP contribution in [-0.2, 0) is 9.59 Å². The first-order chi connectivity index (χ1) is 8.58. The monoisotopic (exact) mass is 254 g/mol. The van der Waals surface area contributed by atoms with Crippen molar-refractivity contribution in [3.63, 3.8) is 0 Å². The molecular weight excluding hydrogens is 232 g/mol. The Balaban J connectivity index is 1.82. The first-order valence-corrected chi connectivity index (χ1v) is 6.82. The van der Waals surface area contributed by atoms with Gasteiger partial charge in [0.15, 0.2) is 0 Å². The van der Waals surface area contributed by atoms with Crippen molar-refractivity contribution in [2.75, 3.05) is 19.6 Å². The number of amides is 1. The normalized spacial score (nSPS) is 29.5. The highest BCUT2D eigenvalue weighted by atomic mass is 16.4. The molecule has 0 aromatic heterocycles. The van der Waals surface area contributed by atoms with E-state index < -0.39 is 5.97 Å². The molecule has 2 saturated heterocycles. The van der Waals surface area contributed by atoms with E-state index in [2.05, 4.69) is 12.2 Å². The molecule has 5 heteroatoms. The molecule has 0 aromatic carbocycles. The molecule has 2 rings (SSSR count). The van der Waals surface area contributed by atoms with E-state index in [1.54, 1.807) is 0 Å². The van der Waals surface area contributed by atoms with Gasteiger partial charge in [0.05, 0.1) is 6.04 Å². The van der Waals surface area contributed by atoms with E-state index in [-0.39, 0.29) is 24.3 Å². The third-order valence-electron chi connectivity index (χ3n) is 4.19. The van der Waals surface area contributed by atoms with E-state index >= 15 is 0 Å². The van der Waals surface area contributed by atoms with Crippen LogP contribution in [-0.4, -0.2) is 47.6 Å². The van der Waals surface area contributed by atoms with Crippen molar-refractivity contribution >= 4 is 11.9 Å². The van der Waals surface area contributed by atoms with Crippen molar-refractivity contribution in [2.24, 2.45) is 11.8 Å². The van der Waals surface area contributed by atoms with Crippen LogP contribution in [0.5, 0.6) is 0 Å². The Bertz CT molecular complexity index is 324. The van der Waals surface area contributed by atoms with E-state index in [1.807, 2.05) is 4.90 Å². The highest BCUT2D eigenvalue weighted by Gasteiger charge is 2.34. The van der Waals surface area contributed by atoms with Gasteiger partial charge in [-0.25, -0.2) is 0 Å². The molecular formula is C13H22N2O3. The lowest BCUT2D eigenvalue weighted by atomic mass is 9.92. The van der Waals surface area contributed by atoms with Crippen LogP contribution < -0.4 is 5.32 Å². The second-order valence-corrected chi connectivity index (χ2v) is 5.56. The largest absolute Gasteiger partial charge is 0.481 e. The number of carbonyl (C=O) groups excluding carboxylic acids is 1. The van der Waals surface area contributed by atoms with Gasteiger partial charge in [-0.15, -0.1) is 0 Å². The van der Waals surface area contributed by atoms with Crippen molar-refractivity contribution in [1.29, 1.82) is 0 Å². The van der Waals surface area contributed by atoms with Gasteiger partial charge in [-0.1, -0.05) is 6.92 Å². The number of carbonyl (C=O) groups is 2. The minimum atomic E-state index is -0.731. The molecule has 0 bridgehead atoms. The number of rotatable bonds is 3. The zero-order valence-electron chi connectivity index (χ0n) is 10.9. The number of likely N-dealkylation sites (tertiary alicyclic amines) is 1. The summed E-state index contributed by atoms with van der Waals surface area (Å²) in [7, 11) is 0. The van der Waals surface area contributed by atoms with E-state index in [0.717, 1.165) is 25.8 Å². The van der Waals surface area contributed by atoms with E-state index in [9.17, 15) is 9.59 Å². The number of aliphatic carboxylic acids is 1. The third-order valence-corrected chi connectivity index (χ3v) is 4.19. The Labute approximate surface area is 108 Å². The fourth-order valence-electron chi connectivity index (χ4n) is 2.97. The van der Waals surface area contributed by atoms with Crippen LogP contribution in [0, 0.1) is 11.8 Å². The maximum absolute atomic E-state index is 12.3. The molecule has 2 atom stereocenters. The molecule has 0 radical (unpaired) electrons. The molecule has 1 amide bonds. The van der Waals surface area contributed by atoms with Gasteiger partial charge in [0.25, 0.3) is 0 Å². The van der Waals surface area contributed by atoms with Crippen molar-refractivity contribution in [3.05, 3.63) is 0 Å². The molecule has 2 unspecified atom stereocenters. The van der Waals surface area contributed by atoms with Gasteiger partial charge in [0.2, 0.25) is 5.91 Å². The summed E-state index contributed by atoms with van der Waals surface area (Å²) in [5.74, 6) is 0.120. The Morgan fingerprint density at radius 3 is 2.44 bits per heavy atom. The molecule has 2 fully saturated rings. The zero-order valence-corrected chi connectivity index (χ0v) is 10.9. The second kappa shape index (κ2) is 5.69. The predicted octanol–water partition coefficient (Wildman–Crippen LogP) is 0.698. The number of carboxylic acids is 1. The number of piperidine rings is 1. The first kappa shape index (κ1) is 13.3. The van der Waals surface area contributed by atoms with Crippen LogP contribution in [0.1, 0.15) is 32.6 Å². The van der Waals surface area contributed by atoms with E-state index in [1.165, 1.54) is 0 Å². The topological polar surface area (TPSA) is 69.6 Å². The zero-order chi connectivity index (χ0) is 13.1. The van der Waals surface area contributed by atoms with E-state index in [0.29, 0.717) is 19.0 Å². The van der Waals surface area contributed by atoms with Gasteiger partial charge < -0.3 is 15.3 Å². The molecule has 0 aliphatic carbocycles. The Morgan fingerprint density at radius 2 is 1.94 bits per heavy atom. The average Bonchev–Trinajstić information content (AvgIpc) is 2.75. The lowest BCUT2D eigenvalue weighted by Crippen LogP contribution is -2.48. The lowest BCUT2D eigenvalue weighted by molar-refractivity contribution is -0.139. The molecule has 2 heterocycles. The van der Waals surface area contributed by atoms with Gasteiger partial charge in [-0.3, -0.25) is 9.59 Å². The molecule has 2 aliphatic heterocycles. The Hall–Kier alpha value is -1.10. The van der Waals surface area contributed by atoms with E-state index in [4.69, 9.17) is 5.11 Å². The summed E-state index contributed by atoms with van der Waals surface area (Å²) < 4.78 is 0. The number of hydrogen-bond donors (Lipinski definition) is 2. The smallest absolute Gasteiger partial charge is 0.303 e. The van der Waals surface area contributed by atoms with Crippen molar-refractivity contribution < 1.29 is 14.7 Å². The predicted molar refractivity (Wildman–Crippen MR) is 67.1 cm³/mol. The highest BCUT2D eigenvalue weighted by Crippen LogP contribution is 2.23. The van der Waals surface area contributed by atoms with Crippen molar-refractivity contribution in [1.82, 2.24) is 10.2 Å². The highest BCUT2D eigenvalue weighted by molar-refractivity contribution is 5.82. The van der Waals surface area contributed by atoms with Gasteiger partial charge >= 0.3 is 5.97 Å². The third kappa shape index (κ3) is 3.02. The van der Waals surface area contributed by atoms with Crippen LogP contribution in [0.25, 0.3) is 0 Å². The summed E-state index contributed by atoms with van der Waals surface area (Å²) in [6.45, 7) is 4.45. The van der Waals surface area contributed by atoms with Crippen LogP contribution in [0.4, 0.5) is 0 Å². The number of carboxylic acid groups (broad SMARTS) is 1. The number of nitrogens with one attached hydrogen (secondary N) is 1. The molecule has 0 spiro atoms. The quantitative estimate of drug-likeness (QED) is 0.778. The maximum atomic E-state index is 12.3. The minimum Gasteiger partial charge on any atom is -0.481 e. The molecule has 0 aromatic rings. The Morgan fingerprint density at radius 1 is 1.28 bits per heavy atom. The number of nitrogens with zero attached hydrogens (tertiary/aromatic N) is 1. The molecule has 0 saturated carbocycles. The molecule has 102 valence electrons. The summed E-state index contributed by atoms with van der Waals surface area (Å²) in [5.41, 5.74) is 0. The first-order valence-electron chi connectivity index (χ1n) is 6.82. The summed E-state index contributed by atoms with van der Waals surface area (Å²) >= 11 is 0. The van der Waals surface area contributed by atoms with Gasteiger partial charge in [-0.05, 0) is 37.6 Å². The van der Waals surface area contributed by atoms with Crippen LogP contribution in [0.15, 0.2) is 0 Å². The summed E-state index contributed by atoms with van der Waals surface area (Å²) in [6.07, 6.45) is 2.93. The second-order valence-electron chi connectivity index (χ2n) is 5.56. The summed E-state index contributed by atoms with van der Waals surface area (Å²) in [6, 6.07) is -0.0268. The fourth-order valence-corrected chi connectivity index (χ4v) is 2.97. The van der Waals surface area contributed by atoms with Crippen LogP contribution in [0.3, 0.4) is 0 Å². The molecule has 2 N–H and O–H groups in total. The summed E-state index contributed by atoms with van der Waals surface area (Å²) in [5, 5.41) is 12.0. The van der Waals surface area contributed by atoms with Crippen molar-refractivity contribution in [2.45, 2.75) is 38.6 Å². The standard InChI is InChI=1S/C13H22N2O3/c1-9-2-5-14-12(9)13(18)15-6-3-10(4-7-15)8-11(16)17/h9-10,12,14H,2-8H2,1H3,(H,16,17). The molecule has 18 heavy (non-hydrogen) atoms. The molecule has 2 aliphatic rings. The minimum absolute atomic E-state index is 0.0268. The van der Waals surface area contributed by atoms with Gasteiger partial charge in [0.1, 0.15) is 0 Å². The van der Waals surface area contributed by atoms with Crippen LogP contribution >= 0.6 is 0 Å². The lowest BCUT2D eigenvalue weighted by Gasteiger charge is -2.33. The maximum Gasteiger partial charge on any atom is 0.303 e.